The molecule has 0 N–H and O–H groups in total. The zero-order valence-corrected chi connectivity index (χ0v) is 12.1. The summed E-state index contributed by atoms with van der Waals surface area (Å²) in [6.07, 6.45) is 5.66. The summed E-state index contributed by atoms with van der Waals surface area (Å²) < 4.78 is 0. The van der Waals surface area contributed by atoms with E-state index in [-0.39, 0.29) is 0 Å². The molecule has 0 aromatic carbocycles. The van der Waals surface area contributed by atoms with Crippen LogP contribution in [0.5, 0.6) is 0 Å². The number of likely N-dealkylation sites (tertiary alicyclic amines) is 1. The maximum absolute atomic E-state index is 3.66. The van der Waals surface area contributed by atoms with Gasteiger partial charge in [-0.05, 0) is 38.1 Å². The summed E-state index contributed by atoms with van der Waals surface area (Å²) in [7, 11) is 0. The molecular formula is C13H26BrN. The van der Waals surface area contributed by atoms with Gasteiger partial charge in [-0.15, -0.1) is 0 Å². The SMILES string of the molecule is CC(C)C(CBr)CN1CCCCCC1C. The zero-order valence-electron chi connectivity index (χ0n) is 10.5. The van der Waals surface area contributed by atoms with Gasteiger partial charge in [-0.1, -0.05) is 42.6 Å². The Morgan fingerprint density at radius 1 is 1.27 bits per heavy atom. The summed E-state index contributed by atoms with van der Waals surface area (Å²) in [5.41, 5.74) is 0. The van der Waals surface area contributed by atoms with Crippen LogP contribution >= 0.6 is 15.9 Å². The third-order valence-corrected chi connectivity index (χ3v) is 4.63. The molecule has 1 aliphatic rings. The second kappa shape index (κ2) is 6.90. The van der Waals surface area contributed by atoms with Gasteiger partial charge in [-0.25, -0.2) is 0 Å². The van der Waals surface area contributed by atoms with Crippen molar-refractivity contribution < 1.29 is 0 Å². The molecule has 0 aromatic heterocycles. The van der Waals surface area contributed by atoms with Crippen LogP contribution in [-0.2, 0) is 0 Å². The molecule has 0 amide bonds. The molecule has 2 unspecified atom stereocenters. The van der Waals surface area contributed by atoms with E-state index < -0.39 is 0 Å². The fraction of sp³-hybridized carbons (Fsp3) is 1.00. The van der Waals surface area contributed by atoms with E-state index in [2.05, 4.69) is 41.6 Å². The Balaban J connectivity index is 2.45. The summed E-state index contributed by atoms with van der Waals surface area (Å²) in [5.74, 6) is 1.60. The molecule has 1 rings (SSSR count). The lowest BCUT2D eigenvalue weighted by molar-refractivity contribution is 0.169. The van der Waals surface area contributed by atoms with E-state index in [0.29, 0.717) is 0 Å². The van der Waals surface area contributed by atoms with Crippen molar-refractivity contribution in [2.75, 3.05) is 18.4 Å². The average Bonchev–Trinajstić information content (AvgIpc) is 2.39. The molecule has 0 radical (unpaired) electrons. The Hall–Kier alpha value is 0.440. The number of hydrogen-bond donors (Lipinski definition) is 0. The van der Waals surface area contributed by atoms with Crippen molar-refractivity contribution in [3.63, 3.8) is 0 Å². The first kappa shape index (κ1) is 13.5. The van der Waals surface area contributed by atoms with Crippen LogP contribution in [0.4, 0.5) is 0 Å². The standard InChI is InChI=1S/C13H26BrN/c1-11(2)13(9-14)10-15-8-6-4-5-7-12(15)3/h11-13H,4-10H2,1-3H3. The third-order valence-electron chi connectivity index (χ3n) is 3.80. The van der Waals surface area contributed by atoms with Gasteiger partial charge in [0, 0.05) is 17.9 Å². The third kappa shape index (κ3) is 4.44. The minimum Gasteiger partial charge on any atom is -0.300 e. The quantitative estimate of drug-likeness (QED) is 0.703. The molecule has 1 saturated heterocycles. The van der Waals surface area contributed by atoms with Gasteiger partial charge in [-0.3, -0.25) is 0 Å². The fourth-order valence-corrected chi connectivity index (χ4v) is 3.30. The van der Waals surface area contributed by atoms with Crippen LogP contribution < -0.4 is 0 Å². The highest BCUT2D eigenvalue weighted by atomic mass is 79.9. The van der Waals surface area contributed by atoms with Crippen LogP contribution in [0, 0.1) is 11.8 Å². The minimum atomic E-state index is 0.792. The largest absolute Gasteiger partial charge is 0.300 e. The Kier molecular flexibility index (Phi) is 6.21. The molecule has 0 aromatic rings. The summed E-state index contributed by atoms with van der Waals surface area (Å²) in [6.45, 7) is 9.68. The summed E-state index contributed by atoms with van der Waals surface area (Å²) in [4.78, 5) is 2.71. The first-order valence-corrected chi connectivity index (χ1v) is 7.57. The first-order valence-electron chi connectivity index (χ1n) is 6.45. The molecule has 0 spiro atoms. The van der Waals surface area contributed by atoms with Gasteiger partial charge in [0.25, 0.3) is 0 Å². The number of alkyl halides is 1. The number of halogens is 1. The molecule has 1 fully saturated rings. The van der Waals surface area contributed by atoms with E-state index in [0.717, 1.165) is 23.2 Å². The van der Waals surface area contributed by atoms with Crippen molar-refractivity contribution in [1.82, 2.24) is 4.90 Å². The fourth-order valence-electron chi connectivity index (χ4n) is 2.34. The maximum Gasteiger partial charge on any atom is 0.00743 e. The number of rotatable bonds is 4. The van der Waals surface area contributed by atoms with Crippen LogP contribution in [0.2, 0.25) is 0 Å². The lowest BCUT2D eigenvalue weighted by Crippen LogP contribution is -2.38. The van der Waals surface area contributed by atoms with Gasteiger partial charge in [0.1, 0.15) is 0 Å². The van der Waals surface area contributed by atoms with Crippen molar-refractivity contribution in [2.24, 2.45) is 11.8 Å². The van der Waals surface area contributed by atoms with Gasteiger partial charge in [-0.2, -0.15) is 0 Å². The molecule has 0 aliphatic carbocycles. The molecular weight excluding hydrogens is 250 g/mol. The van der Waals surface area contributed by atoms with Gasteiger partial charge in [0.15, 0.2) is 0 Å². The van der Waals surface area contributed by atoms with Crippen molar-refractivity contribution in [3.8, 4) is 0 Å². The summed E-state index contributed by atoms with van der Waals surface area (Å²) in [6, 6.07) is 0.799. The molecule has 90 valence electrons. The number of hydrogen-bond acceptors (Lipinski definition) is 1. The van der Waals surface area contributed by atoms with Crippen LogP contribution in [-0.4, -0.2) is 29.4 Å². The Morgan fingerprint density at radius 3 is 2.60 bits per heavy atom. The van der Waals surface area contributed by atoms with Crippen molar-refractivity contribution in [3.05, 3.63) is 0 Å². The van der Waals surface area contributed by atoms with Gasteiger partial charge < -0.3 is 4.90 Å². The topological polar surface area (TPSA) is 3.24 Å². The zero-order chi connectivity index (χ0) is 11.3. The Morgan fingerprint density at radius 2 is 2.00 bits per heavy atom. The van der Waals surface area contributed by atoms with Gasteiger partial charge >= 0.3 is 0 Å². The smallest absolute Gasteiger partial charge is 0.00743 e. The molecule has 1 heterocycles. The van der Waals surface area contributed by atoms with E-state index in [1.165, 1.54) is 38.8 Å². The monoisotopic (exact) mass is 275 g/mol. The predicted molar refractivity (Wildman–Crippen MR) is 71.6 cm³/mol. The van der Waals surface area contributed by atoms with E-state index in [9.17, 15) is 0 Å². The van der Waals surface area contributed by atoms with Crippen molar-refractivity contribution in [2.45, 2.75) is 52.5 Å². The van der Waals surface area contributed by atoms with Crippen molar-refractivity contribution in [1.29, 1.82) is 0 Å². The van der Waals surface area contributed by atoms with Crippen LogP contribution in [0.25, 0.3) is 0 Å². The first-order chi connectivity index (χ1) is 7.15. The minimum absolute atomic E-state index is 0.792. The molecule has 15 heavy (non-hydrogen) atoms. The highest BCUT2D eigenvalue weighted by Crippen LogP contribution is 2.21. The Bertz CT molecular complexity index is 170. The van der Waals surface area contributed by atoms with E-state index in [1.807, 2.05) is 0 Å². The van der Waals surface area contributed by atoms with Gasteiger partial charge in [0.05, 0.1) is 0 Å². The molecule has 2 heteroatoms. The normalized spacial score (nSPS) is 26.6. The molecule has 2 atom stereocenters. The van der Waals surface area contributed by atoms with E-state index >= 15 is 0 Å². The molecule has 1 aliphatic heterocycles. The van der Waals surface area contributed by atoms with Gasteiger partial charge in [0.2, 0.25) is 0 Å². The van der Waals surface area contributed by atoms with Crippen LogP contribution in [0.3, 0.4) is 0 Å². The van der Waals surface area contributed by atoms with Crippen molar-refractivity contribution >= 4 is 15.9 Å². The van der Waals surface area contributed by atoms with Crippen LogP contribution in [0.15, 0.2) is 0 Å². The molecule has 0 bridgehead atoms. The number of nitrogens with zero attached hydrogens (tertiary/aromatic N) is 1. The lowest BCUT2D eigenvalue weighted by atomic mass is 9.97. The average molecular weight is 276 g/mol. The summed E-state index contributed by atoms with van der Waals surface area (Å²) >= 11 is 3.66. The van der Waals surface area contributed by atoms with E-state index in [4.69, 9.17) is 0 Å². The predicted octanol–water partition coefficient (Wildman–Crippen LogP) is 3.92. The highest BCUT2D eigenvalue weighted by molar-refractivity contribution is 9.09. The lowest BCUT2D eigenvalue weighted by Gasteiger charge is -2.32. The molecule has 1 nitrogen and oxygen atoms in total. The molecule has 0 saturated carbocycles. The Labute approximate surface area is 104 Å². The highest BCUT2D eigenvalue weighted by Gasteiger charge is 2.21. The second-order valence-corrected chi connectivity index (χ2v) is 6.00. The van der Waals surface area contributed by atoms with E-state index in [1.54, 1.807) is 0 Å². The maximum atomic E-state index is 3.66. The second-order valence-electron chi connectivity index (χ2n) is 5.35. The van der Waals surface area contributed by atoms with Crippen LogP contribution in [0.1, 0.15) is 46.5 Å². The summed E-state index contributed by atoms with van der Waals surface area (Å²) in [5, 5.41) is 1.15.